The van der Waals surface area contributed by atoms with Crippen molar-refractivity contribution in [1.29, 1.82) is 0 Å². The monoisotopic (exact) mass is 391 g/mol. The van der Waals surface area contributed by atoms with Crippen LogP contribution in [-0.2, 0) is 9.84 Å². The summed E-state index contributed by atoms with van der Waals surface area (Å²) in [5.74, 6) is 0. The van der Waals surface area contributed by atoms with Crippen LogP contribution >= 0.6 is 11.6 Å². The Hall–Kier alpha value is -2.13. The highest BCUT2D eigenvalue weighted by Crippen LogP contribution is 2.37. The van der Waals surface area contributed by atoms with Gasteiger partial charge in [-0.15, -0.1) is 5.11 Å². The molecular weight excluding hydrogens is 379 g/mol. The fraction of sp³-hybridized carbons (Fsp3) is 0.200. The van der Waals surface area contributed by atoms with E-state index in [4.69, 9.17) is 11.6 Å². The molecule has 0 unspecified atom stereocenters. The molecule has 10 heteroatoms. The maximum atomic E-state index is 12.8. The highest BCUT2D eigenvalue weighted by Gasteiger charge is 2.48. The van der Waals surface area contributed by atoms with E-state index in [0.29, 0.717) is 5.69 Å². The smallest absolute Gasteiger partial charge is 0.378 e. The molecule has 25 heavy (non-hydrogen) atoms. The zero-order valence-corrected chi connectivity index (χ0v) is 14.7. The average molecular weight is 392 g/mol. The number of halogens is 4. The normalized spacial score (nSPS) is 12.6. The lowest BCUT2D eigenvalue weighted by Crippen LogP contribution is -2.23. The van der Waals surface area contributed by atoms with Crippen LogP contribution in [0.2, 0.25) is 5.02 Å². The molecule has 0 aromatic heterocycles. The Morgan fingerprint density at radius 3 is 2.12 bits per heavy atom. The fourth-order valence-electron chi connectivity index (χ4n) is 1.85. The predicted octanol–water partition coefficient (Wildman–Crippen LogP) is 5.11. The zero-order valence-electron chi connectivity index (χ0n) is 13.1. The van der Waals surface area contributed by atoms with E-state index < -0.39 is 25.9 Å². The summed E-state index contributed by atoms with van der Waals surface area (Å²) < 4.78 is 61.6. The number of hydrogen-bond donors (Lipinski definition) is 0. The van der Waals surface area contributed by atoms with Crippen LogP contribution in [0.3, 0.4) is 0 Å². The van der Waals surface area contributed by atoms with Crippen molar-refractivity contribution in [2.45, 2.75) is 10.4 Å². The molecule has 5 nitrogen and oxygen atoms in total. The molecule has 0 saturated carbocycles. The Balaban J connectivity index is 2.44. The van der Waals surface area contributed by atoms with Gasteiger partial charge in [0, 0.05) is 24.8 Å². The molecule has 0 bridgehead atoms. The van der Waals surface area contributed by atoms with E-state index in [1.807, 2.05) is 19.0 Å². The lowest BCUT2D eigenvalue weighted by molar-refractivity contribution is -0.0435. The number of anilines is 1. The van der Waals surface area contributed by atoms with Crippen LogP contribution in [0, 0.1) is 0 Å². The maximum Gasteiger partial charge on any atom is 0.501 e. The van der Waals surface area contributed by atoms with E-state index >= 15 is 0 Å². The number of nitrogens with zero attached hydrogens (tertiary/aromatic N) is 3. The average Bonchev–Trinajstić information content (AvgIpc) is 2.52. The van der Waals surface area contributed by atoms with Crippen LogP contribution < -0.4 is 4.90 Å². The van der Waals surface area contributed by atoms with Gasteiger partial charge in [0.2, 0.25) is 0 Å². The molecular formula is C15H13ClF3N3O2S. The summed E-state index contributed by atoms with van der Waals surface area (Å²) in [5.41, 5.74) is -4.69. The van der Waals surface area contributed by atoms with E-state index in [2.05, 4.69) is 10.2 Å². The molecule has 0 atom stereocenters. The van der Waals surface area contributed by atoms with Crippen molar-refractivity contribution in [3.63, 3.8) is 0 Å². The van der Waals surface area contributed by atoms with Gasteiger partial charge in [0.1, 0.15) is 10.6 Å². The van der Waals surface area contributed by atoms with E-state index in [9.17, 15) is 21.6 Å². The van der Waals surface area contributed by atoms with Crippen molar-refractivity contribution < 1.29 is 21.6 Å². The highest BCUT2D eigenvalue weighted by atomic mass is 35.5. The van der Waals surface area contributed by atoms with E-state index in [1.165, 1.54) is 0 Å². The Kier molecular flexibility index (Phi) is 5.38. The molecule has 0 fully saturated rings. The summed E-state index contributed by atoms with van der Waals surface area (Å²) in [5, 5.41) is 7.47. The molecule has 0 aliphatic rings. The first-order chi connectivity index (χ1) is 11.5. The summed E-state index contributed by atoms with van der Waals surface area (Å²) in [6, 6.07) is 9.49. The van der Waals surface area contributed by atoms with Gasteiger partial charge in [0.15, 0.2) is 0 Å². The number of hydrogen-bond acceptors (Lipinski definition) is 5. The Labute approximate surface area is 147 Å². The van der Waals surface area contributed by atoms with Gasteiger partial charge in [-0.05, 0) is 42.5 Å². The van der Waals surface area contributed by atoms with Crippen molar-refractivity contribution in [3.8, 4) is 0 Å². The van der Waals surface area contributed by atoms with Crippen LogP contribution in [0.25, 0.3) is 0 Å². The topological polar surface area (TPSA) is 62.1 Å². The van der Waals surface area contributed by atoms with E-state index in [-0.39, 0.29) is 5.02 Å². The first kappa shape index (κ1) is 19.2. The van der Waals surface area contributed by atoms with Crippen LogP contribution in [0.5, 0.6) is 0 Å². The van der Waals surface area contributed by atoms with Gasteiger partial charge < -0.3 is 4.90 Å². The molecule has 0 spiro atoms. The van der Waals surface area contributed by atoms with Gasteiger partial charge in [-0.25, -0.2) is 8.42 Å². The second-order valence-corrected chi connectivity index (χ2v) is 7.52. The third kappa shape index (κ3) is 4.29. The molecule has 0 aliphatic heterocycles. The quantitative estimate of drug-likeness (QED) is 0.680. The van der Waals surface area contributed by atoms with Crippen LogP contribution in [0.1, 0.15) is 0 Å². The molecule has 0 aliphatic carbocycles. The van der Waals surface area contributed by atoms with Gasteiger partial charge in [-0.3, -0.25) is 0 Å². The second-order valence-electron chi connectivity index (χ2n) is 5.17. The van der Waals surface area contributed by atoms with Gasteiger partial charge in [-0.2, -0.15) is 18.3 Å². The van der Waals surface area contributed by atoms with Crippen molar-refractivity contribution in [2.24, 2.45) is 10.2 Å². The molecule has 0 heterocycles. The third-order valence-electron chi connectivity index (χ3n) is 3.15. The van der Waals surface area contributed by atoms with E-state index in [0.717, 1.165) is 23.9 Å². The second kappa shape index (κ2) is 7.01. The molecule has 0 saturated heterocycles. The largest absolute Gasteiger partial charge is 0.501 e. The minimum atomic E-state index is -5.57. The number of rotatable bonds is 4. The predicted molar refractivity (Wildman–Crippen MR) is 89.6 cm³/mol. The molecule has 2 rings (SSSR count). The molecule has 134 valence electrons. The summed E-state index contributed by atoms with van der Waals surface area (Å²) in [7, 11) is -1.88. The molecule has 0 amide bonds. The number of benzene rings is 2. The lowest BCUT2D eigenvalue weighted by atomic mass is 10.3. The summed E-state index contributed by atoms with van der Waals surface area (Å²) >= 11 is 5.74. The lowest BCUT2D eigenvalue weighted by Gasteiger charge is -2.11. The van der Waals surface area contributed by atoms with Crippen LogP contribution in [0.4, 0.5) is 30.2 Å². The number of alkyl halides is 3. The van der Waals surface area contributed by atoms with Crippen molar-refractivity contribution in [2.75, 3.05) is 19.0 Å². The van der Waals surface area contributed by atoms with Gasteiger partial charge in [-0.1, -0.05) is 11.6 Å². The van der Waals surface area contributed by atoms with Crippen molar-refractivity contribution >= 4 is 38.5 Å². The molecule has 0 N–H and O–H groups in total. The first-order valence-corrected chi connectivity index (χ1v) is 8.68. The SMILES string of the molecule is CN(C)c1ccc(N=Nc2cc(Cl)ccc2S(=O)(=O)C(F)(F)F)cc1. The highest BCUT2D eigenvalue weighted by molar-refractivity contribution is 7.92. The Bertz CT molecular complexity index is 895. The Morgan fingerprint density at radius 1 is 1.00 bits per heavy atom. The Morgan fingerprint density at radius 2 is 1.60 bits per heavy atom. The van der Waals surface area contributed by atoms with Gasteiger partial charge in [0.25, 0.3) is 9.84 Å². The van der Waals surface area contributed by atoms with Gasteiger partial charge in [0.05, 0.1) is 5.69 Å². The maximum absolute atomic E-state index is 12.8. The van der Waals surface area contributed by atoms with Crippen molar-refractivity contribution in [1.82, 2.24) is 0 Å². The zero-order chi connectivity index (χ0) is 18.8. The van der Waals surface area contributed by atoms with Crippen LogP contribution in [-0.4, -0.2) is 28.0 Å². The third-order valence-corrected chi connectivity index (χ3v) is 4.92. The first-order valence-electron chi connectivity index (χ1n) is 6.82. The van der Waals surface area contributed by atoms with Gasteiger partial charge >= 0.3 is 5.51 Å². The molecule has 2 aromatic rings. The number of azo groups is 1. The summed E-state index contributed by atoms with van der Waals surface area (Å²) in [6.45, 7) is 0. The fourth-order valence-corrected chi connectivity index (χ4v) is 2.89. The van der Waals surface area contributed by atoms with E-state index in [1.54, 1.807) is 24.3 Å². The van der Waals surface area contributed by atoms with Crippen molar-refractivity contribution in [3.05, 3.63) is 47.5 Å². The summed E-state index contributed by atoms with van der Waals surface area (Å²) in [6.07, 6.45) is 0. The molecule has 2 aromatic carbocycles. The summed E-state index contributed by atoms with van der Waals surface area (Å²) in [4.78, 5) is 0.851. The van der Waals surface area contributed by atoms with Crippen LogP contribution in [0.15, 0.2) is 57.6 Å². The number of sulfone groups is 1. The minimum Gasteiger partial charge on any atom is -0.378 e. The molecule has 0 radical (unpaired) electrons. The minimum absolute atomic E-state index is 0.0398. The standard InChI is InChI=1S/C15H13ClF3N3O2S/c1-22(2)12-6-4-11(5-7-12)20-21-13-9-10(16)3-8-14(13)25(23,24)15(17,18)19/h3-9H,1-2H3.